The Morgan fingerprint density at radius 3 is 2.62 bits per heavy atom. The molecule has 1 heterocycles. The molecule has 1 aromatic rings. The molecular formula is C13H15N3O5. The number of primary amides is 1. The van der Waals surface area contributed by atoms with E-state index in [-0.39, 0.29) is 23.5 Å². The minimum absolute atomic E-state index is 0.144. The molecule has 8 nitrogen and oxygen atoms in total. The number of carbonyl (C=O) groups excluding carboxylic acids is 1. The van der Waals surface area contributed by atoms with Crippen LogP contribution in [0.25, 0.3) is 0 Å². The molecule has 21 heavy (non-hydrogen) atoms. The van der Waals surface area contributed by atoms with E-state index in [0.29, 0.717) is 13.0 Å². The van der Waals surface area contributed by atoms with Gasteiger partial charge < -0.3 is 15.7 Å². The zero-order valence-electron chi connectivity index (χ0n) is 11.4. The van der Waals surface area contributed by atoms with Crippen molar-refractivity contribution in [1.29, 1.82) is 0 Å². The van der Waals surface area contributed by atoms with Crippen molar-refractivity contribution in [3.63, 3.8) is 0 Å². The number of nitro benzene ring substituents is 1. The highest BCUT2D eigenvalue weighted by atomic mass is 16.6. The Balaban J connectivity index is 2.43. The average Bonchev–Trinajstić information content (AvgIpc) is 2.82. The summed E-state index contributed by atoms with van der Waals surface area (Å²) in [6.07, 6.45) is 0.375. The number of carboxylic acid groups (broad SMARTS) is 1. The molecule has 1 aliphatic heterocycles. The zero-order valence-corrected chi connectivity index (χ0v) is 11.4. The van der Waals surface area contributed by atoms with Gasteiger partial charge >= 0.3 is 5.97 Å². The smallest absolute Gasteiger partial charge is 0.311 e. The van der Waals surface area contributed by atoms with Crippen LogP contribution in [0.4, 0.5) is 11.4 Å². The molecule has 1 atom stereocenters. The summed E-state index contributed by atoms with van der Waals surface area (Å²) in [4.78, 5) is 34.6. The molecule has 2 rings (SSSR count). The van der Waals surface area contributed by atoms with Crippen molar-refractivity contribution in [2.24, 2.45) is 11.1 Å². The summed E-state index contributed by atoms with van der Waals surface area (Å²) in [5, 5.41) is 20.3. The second kappa shape index (κ2) is 5.04. The lowest BCUT2D eigenvalue weighted by Crippen LogP contribution is -2.32. The molecule has 0 saturated carbocycles. The van der Waals surface area contributed by atoms with Gasteiger partial charge in [-0.05, 0) is 25.5 Å². The third-order valence-corrected chi connectivity index (χ3v) is 3.79. The van der Waals surface area contributed by atoms with Crippen molar-refractivity contribution in [2.45, 2.75) is 13.3 Å². The molecule has 1 unspecified atom stereocenters. The average molecular weight is 293 g/mol. The molecule has 1 fully saturated rings. The van der Waals surface area contributed by atoms with Gasteiger partial charge in [0, 0.05) is 24.7 Å². The highest BCUT2D eigenvalue weighted by molar-refractivity contribution is 5.94. The van der Waals surface area contributed by atoms with Gasteiger partial charge in [-0.2, -0.15) is 0 Å². The Morgan fingerprint density at radius 1 is 1.48 bits per heavy atom. The Bertz CT molecular complexity index is 630. The van der Waals surface area contributed by atoms with Crippen molar-refractivity contribution in [3.8, 4) is 0 Å². The van der Waals surface area contributed by atoms with Crippen molar-refractivity contribution >= 4 is 23.3 Å². The van der Waals surface area contributed by atoms with E-state index in [1.54, 1.807) is 11.8 Å². The van der Waals surface area contributed by atoms with E-state index in [4.69, 9.17) is 5.73 Å². The summed E-state index contributed by atoms with van der Waals surface area (Å²) in [5.41, 5.74) is 4.43. The van der Waals surface area contributed by atoms with Crippen LogP contribution < -0.4 is 10.6 Å². The summed E-state index contributed by atoms with van der Waals surface area (Å²) in [7, 11) is 0. The molecule has 0 spiro atoms. The van der Waals surface area contributed by atoms with Crippen LogP contribution in [0.3, 0.4) is 0 Å². The Morgan fingerprint density at radius 2 is 2.14 bits per heavy atom. The number of benzene rings is 1. The topological polar surface area (TPSA) is 127 Å². The molecule has 0 aliphatic carbocycles. The SMILES string of the molecule is CC1(C(=O)O)CCN(c2cc(C(N)=O)ccc2[N+](=O)[O-])C1. The number of aliphatic carboxylic acids is 1. The van der Waals surface area contributed by atoms with Gasteiger partial charge in [-0.15, -0.1) is 0 Å². The number of carboxylic acids is 1. The van der Waals surface area contributed by atoms with Crippen LogP contribution >= 0.6 is 0 Å². The number of nitrogens with two attached hydrogens (primary N) is 1. The lowest BCUT2D eigenvalue weighted by molar-refractivity contribution is -0.384. The Labute approximate surface area is 120 Å². The Hall–Kier alpha value is -2.64. The number of nitrogens with zero attached hydrogens (tertiary/aromatic N) is 2. The molecule has 8 heteroatoms. The third-order valence-electron chi connectivity index (χ3n) is 3.79. The molecule has 1 aromatic carbocycles. The number of rotatable bonds is 4. The molecule has 0 radical (unpaired) electrons. The van der Waals surface area contributed by atoms with E-state index in [0.717, 1.165) is 0 Å². The summed E-state index contributed by atoms with van der Waals surface area (Å²) in [6, 6.07) is 3.84. The van der Waals surface area contributed by atoms with E-state index in [9.17, 15) is 24.8 Å². The van der Waals surface area contributed by atoms with Crippen molar-refractivity contribution in [2.75, 3.05) is 18.0 Å². The molecule has 0 aromatic heterocycles. The first-order valence-corrected chi connectivity index (χ1v) is 6.31. The van der Waals surface area contributed by atoms with Crippen molar-refractivity contribution in [1.82, 2.24) is 0 Å². The van der Waals surface area contributed by atoms with E-state index in [1.165, 1.54) is 18.2 Å². The molecule has 3 N–H and O–H groups in total. The third kappa shape index (κ3) is 2.64. The van der Waals surface area contributed by atoms with Crippen LogP contribution in [0.2, 0.25) is 0 Å². The summed E-state index contributed by atoms with van der Waals surface area (Å²) in [6.45, 7) is 2.11. The van der Waals surface area contributed by atoms with Gasteiger partial charge in [0.1, 0.15) is 5.69 Å². The zero-order chi connectivity index (χ0) is 15.8. The number of hydrogen-bond donors (Lipinski definition) is 2. The first-order valence-electron chi connectivity index (χ1n) is 6.31. The molecule has 0 bridgehead atoms. The van der Waals surface area contributed by atoms with Gasteiger partial charge in [-0.25, -0.2) is 0 Å². The minimum Gasteiger partial charge on any atom is -0.481 e. The minimum atomic E-state index is -0.962. The lowest BCUT2D eigenvalue weighted by Gasteiger charge is -2.21. The quantitative estimate of drug-likeness (QED) is 0.629. The number of carbonyl (C=O) groups is 2. The van der Waals surface area contributed by atoms with Crippen LogP contribution in [0.5, 0.6) is 0 Å². The first-order chi connectivity index (χ1) is 9.74. The van der Waals surface area contributed by atoms with Gasteiger partial charge in [0.15, 0.2) is 0 Å². The number of anilines is 1. The van der Waals surface area contributed by atoms with Gasteiger partial charge in [-0.1, -0.05) is 0 Å². The second-order valence-corrected chi connectivity index (χ2v) is 5.36. The Kier molecular flexibility index (Phi) is 3.54. The highest BCUT2D eigenvalue weighted by Crippen LogP contribution is 2.37. The maximum absolute atomic E-state index is 11.3. The van der Waals surface area contributed by atoms with Gasteiger partial charge in [-0.3, -0.25) is 19.7 Å². The predicted octanol–water partition coefficient (Wildman–Crippen LogP) is 0.995. The van der Waals surface area contributed by atoms with Gasteiger partial charge in [0.05, 0.1) is 10.3 Å². The van der Waals surface area contributed by atoms with Crippen LogP contribution in [0.15, 0.2) is 18.2 Å². The van der Waals surface area contributed by atoms with E-state index < -0.39 is 22.2 Å². The van der Waals surface area contributed by atoms with Crippen molar-refractivity contribution in [3.05, 3.63) is 33.9 Å². The largest absolute Gasteiger partial charge is 0.481 e. The normalized spacial score (nSPS) is 21.3. The van der Waals surface area contributed by atoms with Gasteiger partial charge in [0.2, 0.25) is 5.91 Å². The maximum Gasteiger partial charge on any atom is 0.311 e. The second-order valence-electron chi connectivity index (χ2n) is 5.36. The highest BCUT2D eigenvalue weighted by Gasteiger charge is 2.42. The van der Waals surface area contributed by atoms with Crippen LogP contribution in [0.1, 0.15) is 23.7 Å². The lowest BCUT2D eigenvalue weighted by atomic mass is 9.90. The fraction of sp³-hybridized carbons (Fsp3) is 0.385. The molecular weight excluding hydrogens is 278 g/mol. The maximum atomic E-state index is 11.3. The summed E-state index contributed by atoms with van der Waals surface area (Å²) >= 11 is 0. The monoisotopic (exact) mass is 293 g/mol. The van der Waals surface area contributed by atoms with Gasteiger partial charge in [0.25, 0.3) is 5.69 Å². The fourth-order valence-corrected chi connectivity index (χ4v) is 2.43. The summed E-state index contributed by atoms with van der Waals surface area (Å²) < 4.78 is 0. The fourth-order valence-electron chi connectivity index (χ4n) is 2.43. The van der Waals surface area contributed by atoms with Crippen LogP contribution in [-0.4, -0.2) is 35.0 Å². The first kappa shape index (κ1) is 14.8. The number of nitro groups is 1. The number of hydrogen-bond acceptors (Lipinski definition) is 5. The molecule has 1 saturated heterocycles. The molecule has 1 aliphatic rings. The van der Waals surface area contributed by atoms with E-state index >= 15 is 0 Å². The molecule has 1 amide bonds. The van der Waals surface area contributed by atoms with Crippen LogP contribution in [-0.2, 0) is 4.79 Å². The number of amides is 1. The molecule has 112 valence electrons. The van der Waals surface area contributed by atoms with Crippen LogP contribution in [0, 0.1) is 15.5 Å². The van der Waals surface area contributed by atoms with Crippen molar-refractivity contribution < 1.29 is 19.6 Å². The summed E-state index contributed by atoms with van der Waals surface area (Å²) in [5.74, 6) is -1.63. The standard InChI is InChI=1S/C13H15N3O5/c1-13(12(18)19)4-5-15(7-13)10-6-8(11(14)17)2-3-9(10)16(20)21/h2-3,6H,4-5,7H2,1H3,(H2,14,17)(H,18,19). The van der Waals surface area contributed by atoms with E-state index in [1.807, 2.05) is 0 Å². The van der Waals surface area contributed by atoms with E-state index in [2.05, 4.69) is 0 Å². The predicted molar refractivity (Wildman–Crippen MR) is 74.2 cm³/mol.